The Bertz CT molecular complexity index is 1320. The Labute approximate surface area is 220 Å². The summed E-state index contributed by atoms with van der Waals surface area (Å²) in [5, 5.41) is 0.414. The molecule has 0 aliphatic carbocycles. The minimum absolute atomic E-state index is 0.0469. The Morgan fingerprint density at radius 3 is 2.27 bits per heavy atom. The quantitative estimate of drug-likeness (QED) is 0.270. The van der Waals surface area contributed by atoms with Gasteiger partial charge in [0, 0.05) is 13.1 Å². The molecule has 0 N–H and O–H groups in total. The predicted molar refractivity (Wildman–Crippen MR) is 148 cm³/mol. The van der Waals surface area contributed by atoms with E-state index in [1.165, 1.54) is 33.1 Å². The molecule has 7 nitrogen and oxygen atoms in total. The summed E-state index contributed by atoms with van der Waals surface area (Å²) >= 11 is 0. The smallest absolute Gasteiger partial charge is 0.266 e. The molecular weight excluding hydrogens is 491 g/mol. The third-order valence-electron chi connectivity index (χ3n) is 6.57. The lowest BCUT2D eigenvalue weighted by Gasteiger charge is -2.30. The molecule has 0 saturated heterocycles. The van der Waals surface area contributed by atoms with Gasteiger partial charge in [-0.3, -0.25) is 9.36 Å². The summed E-state index contributed by atoms with van der Waals surface area (Å²) in [4.78, 5) is 20.3. The topological polar surface area (TPSA) is 75.5 Å². The number of hydrogen-bond acceptors (Lipinski definition) is 5. The molecule has 0 fully saturated rings. The molecule has 0 bridgehead atoms. The van der Waals surface area contributed by atoms with Gasteiger partial charge in [-0.15, -0.1) is 0 Å². The molecule has 0 amide bonds. The van der Waals surface area contributed by atoms with Gasteiger partial charge in [0.1, 0.15) is 11.6 Å². The number of aromatic nitrogens is 2. The molecular formula is C28H39FN4O3S. The zero-order valence-electron chi connectivity index (χ0n) is 22.4. The van der Waals surface area contributed by atoms with Crippen LogP contribution < -0.4 is 5.56 Å². The molecule has 0 saturated carbocycles. The average Bonchev–Trinajstić information content (AvgIpc) is 2.86. The van der Waals surface area contributed by atoms with Crippen LogP contribution >= 0.6 is 0 Å². The van der Waals surface area contributed by atoms with E-state index in [9.17, 15) is 17.6 Å². The molecule has 1 heterocycles. The second kappa shape index (κ2) is 13.3. The lowest BCUT2D eigenvalue weighted by atomic mass is 10.1. The Morgan fingerprint density at radius 1 is 0.946 bits per heavy atom. The van der Waals surface area contributed by atoms with Gasteiger partial charge >= 0.3 is 0 Å². The number of rotatable bonds is 14. The number of hydrogen-bond donors (Lipinski definition) is 0. The van der Waals surface area contributed by atoms with Crippen LogP contribution in [0.1, 0.15) is 64.2 Å². The highest BCUT2D eigenvalue weighted by Gasteiger charge is 2.31. The lowest BCUT2D eigenvalue weighted by Crippen LogP contribution is -2.41. The van der Waals surface area contributed by atoms with E-state index in [1.54, 1.807) is 31.2 Å². The average molecular weight is 531 g/mol. The first-order valence-electron chi connectivity index (χ1n) is 13.1. The molecule has 0 aliphatic heterocycles. The molecule has 9 heteroatoms. The first-order chi connectivity index (χ1) is 17.7. The van der Waals surface area contributed by atoms with Gasteiger partial charge in [0.05, 0.1) is 28.4 Å². The highest BCUT2D eigenvalue weighted by atomic mass is 32.2. The normalized spacial score (nSPS) is 13.1. The van der Waals surface area contributed by atoms with E-state index < -0.39 is 21.9 Å². The SMILES string of the molecule is CCCCCCCCS(=O)(=O)N(CCN(C)C)[C@H](C)c1nc2ccccc2c(=O)n1-c1ccc(F)cc1. The van der Waals surface area contributed by atoms with E-state index in [-0.39, 0.29) is 17.9 Å². The lowest BCUT2D eigenvalue weighted by molar-refractivity contribution is 0.284. The van der Waals surface area contributed by atoms with Crippen molar-refractivity contribution in [1.29, 1.82) is 0 Å². The zero-order chi connectivity index (χ0) is 27.0. The molecule has 1 atom stereocenters. The van der Waals surface area contributed by atoms with Gasteiger partial charge in [-0.2, -0.15) is 4.31 Å². The standard InChI is InChI=1S/C28H39FN4O3S/c1-5-6-7-8-9-12-21-37(35,36)32(20-19-31(3)4)22(2)27-30-26-14-11-10-13-25(26)28(34)33(27)24-17-15-23(29)16-18-24/h10-11,13-18,22H,5-9,12,19-21H2,1-4H3/t22-/m1/s1. The molecule has 2 aromatic carbocycles. The number of sulfonamides is 1. The van der Waals surface area contributed by atoms with Crippen LogP contribution in [0.3, 0.4) is 0 Å². The third-order valence-corrected chi connectivity index (χ3v) is 8.59. The molecule has 0 aliphatic rings. The van der Waals surface area contributed by atoms with Crippen molar-refractivity contribution in [3.05, 3.63) is 70.5 Å². The van der Waals surface area contributed by atoms with Crippen LogP contribution in [-0.2, 0) is 10.0 Å². The molecule has 0 spiro atoms. The summed E-state index contributed by atoms with van der Waals surface area (Å²) < 4.78 is 43.8. The molecule has 3 aromatic rings. The fourth-order valence-electron chi connectivity index (χ4n) is 4.45. The van der Waals surface area contributed by atoms with Crippen molar-refractivity contribution in [2.24, 2.45) is 0 Å². The second-order valence-electron chi connectivity index (χ2n) is 9.78. The largest absolute Gasteiger partial charge is 0.308 e. The summed E-state index contributed by atoms with van der Waals surface area (Å²) in [7, 11) is 0.151. The third kappa shape index (κ3) is 7.46. The Kier molecular flexibility index (Phi) is 10.4. The summed E-state index contributed by atoms with van der Waals surface area (Å²) in [5.41, 5.74) is 0.612. The molecule has 3 rings (SSSR count). The van der Waals surface area contributed by atoms with E-state index in [0.717, 1.165) is 32.1 Å². The van der Waals surface area contributed by atoms with Gasteiger partial charge in [0.25, 0.3) is 5.56 Å². The zero-order valence-corrected chi connectivity index (χ0v) is 23.2. The number of benzene rings is 2. The molecule has 0 unspecified atom stereocenters. The van der Waals surface area contributed by atoms with E-state index in [4.69, 9.17) is 4.98 Å². The van der Waals surface area contributed by atoms with Gasteiger partial charge in [0.2, 0.25) is 10.0 Å². The molecule has 1 aromatic heterocycles. The number of halogens is 1. The Balaban J connectivity index is 2.04. The summed E-state index contributed by atoms with van der Waals surface area (Å²) in [5.74, 6) is -0.0690. The van der Waals surface area contributed by atoms with Gasteiger partial charge in [-0.05, 0) is 63.8 Å². The maximum absolute atomic E-state index is 13.7. The van der Waals surface area contributed by atoms with Crippen LogP contribution in [0, 0.1) is 5.82 Å². The highest BCUT2D eigenvalue weighted by molar-refractivity contribution is 7.89. The van der Waals surface area contributed by atoms with Crippen molar-refractivity contribution >= 4 is 20.9 Å². The van der Waals surface area contributed by atoms with Crippen molar-refractivity contribution in [1.82, 2.24) is 18.8 Å². The minimum Gasteiger partial charge on any atom is -0.308 e. The second-order valence-corrected chi connectivity index (χ2v) is 11.8. The minimum atomic E-state index is -3.64. The number of unbranched alkanes of at least 4 members (excludes halogenated alkanes) is 5. The monoisotopic (exact) mass is 530 g/mol. The Hall–Kier alpha value is -2.62. The van der Waals surface area contributed by atoms with Gasteiger partial charge in [-0.1, -0.05) is 51.2 Å². The van der Waals surface area contributed by atoms with Crippen LogP contribution in [0.25, 0.3) is 16.6 Å². The van der Waals surface area contributed by atoms with Crippen LogP contribution in [0.15, 0.2) is 53.3 Å². The van der Waals surface area contributed by atoms with E-state index >= 15 is 0 Å². The van der Waals surface area contributed by atoms with Crippen LogP contribution in [0.5, 0.6) is 0 Å². The maximum Gasteiger partial charge on any atom is 0.266 e. The van der Waals surface area contributed by atoms with Crippen LogP contribution in [0.4, 0.5) is 4.39 Å². The highest BCUT2D eigenvalue weighted by Crippen LogP contribution is 2.26. The van der Waals surface area contributed by atoms with Gasteiger partial charge < -0.3 is 4.90 Å². The van der Waals surface area contributed by atoms with Crippen molar-refractivity contribution < 1.29 is 12.8 Å². The first-order valence-corrected chi connectivity index (χ1v) is 14.7. The van der Waals surface area contributed by atoms with E-state index in [0.29, 0.717) is 35.4 Å². The number of fused-ring (bicyclic) bond motifs is 1. The Morgan fingerprint density at radius 2 is 1.59 bits per heavy atom. The fraction of sp³-hybridized carbons (Fsp3) is 0.500. The van der Waals surface area contributed by atoms with Gasteiger partial charge in [-0.25, -0.2) is 17.8 Å². The number of likely N-dealkylation sites (N-methyl/N-ethyl adjacent to an activating group) is 1. The summed E-state index contributed by atoms with van der Waals surface area (Å²) in [6.07, 6.45) is 5.89. The summed E-state index contributed by atoms with van der Waals surface area (Å²) in [6.45, 7) is 4.71. The van der Waals surface area contributed by atoms with Crippen molar-refractivity contribution in [2.45, 2.75) is 58.4 Å². The van der Waals surface area contributed by atoms with Crippen molar-refractivity contribution in [3.8, 4) is 5.69 Å². The fourth-order valence-corrected chi connectivity index (χ4v) is 6.19. The number of nitrogens with zero attached hydrogens (tertiary/aromatic N) is 4. The summed E-state index contributed by atoms with van der Waals surface area (Å²) in [6, 6.07) is 11.9. The molecule has 0 radical (unpaired) electrons. The van der Waals surface area contributed by atoms with Gasteiger partial charge in [0.15, 0.2) is 0 Å². The maximum atomic E-state index is 13.7. The number of para-hydroxylation sites is 1. The van der Waals surface area contributed by atoms with E-state index in [2.05, 4.69) is 6.92 Å². The predicted octanol–water partition coefficient (Wildman–Crippen LogP) is 5.14. The van der Waals surface area contributed by atoms with Crippen LogP contribution in [-0.4, -0.2) is 60.1 Å². The van der Waals surface area contributed by atoms with Crippen LogP contribution in [0.2, 0.25) is 0 Å². The van der Waals surface area contributed by atoms with E-state index in [1.807, 2.05) is 19.0 Å². The van der Waals surface area contributed by atoms with Crippen molar-refractivity contribution in [3.63, 3.8) is 0 Å². The first kappa shape index (κ1) is 28.9. The van der Waals surface area contributed by atoms with Crippen molar-refractivity contribution in [2.75, 3.05) is 32.9 Å². The molecule has 37 heavy (non-hydrogen) atoms. The molecule has 202 valence electrons.